The van der Waals surface area contributed by atoms with E-state index in [0.29, 0.717) is 32.2 Å². The zero-order valence-corrected chi connectivity index (χ0v) is 15.0. The Morgan fingerprint density at radius 3 is 2.73 bits per heavy atom. The van der Waals surface area contributed by atoms with Gasteiger partial charge in [-0.05, 0) is 31.4 Å². The summed E-state index contributed by atoms with van der Waals surface area (Å²) >= 11 is 0. The van der Waals surface area contributed by atoms with Crippen LogP contribution < -0.4 is 0 Å². The molecule has 7 nitrogen and oxygen atoms in total. The first kappa shape index (κ1) is 18.2. The van der Waals surface area contributed by atoms with Gasteiger partial charge in [-0.3, -0.25) is 4.79 Å². The minimum Gasteiger partial charge on any atom is -0.477 e. The van der Waals surface area contributed by atoms with E-state index in [1.165, 1.54) is 0 Å². The highest BCUT2D eigenvalue weighted by atomic mass is 16.4. The van der Waals surface area contributed by atoms with Crippen molar-refractivity contribution >= 4 is 11.9 Å². The number of aromatic carboxylic acids is 1. The summed E-state index contributed by atoms with van der Waals surface area (Å²) in [5, 5.41) is 17.5. The molecule has 1 amide bonds. The second-order valence-electron chi connectivity index (χ2n) is 6.99. The summed E-state index contributed by atoms with van der Waals surface area (Å²) in [7, 11) is 1.74. The topological polar surface area (TPSA) is 87.3 Å². The molecule has 1 N–H and O–H groups in total. The van der Waals surface area contributed by atoms with Crippen LogP contribution >= 0.6 is 0 Å². The van der Waals surface area contributed by atoms with Gasteiger partial charge in [0.15, 0.2) is 5.66 Å². The lowest BCUT2D eigenvalue weighted by Gasteiger charge is -2.36. The highest BCUT2D eigenvalue weighted by molar-refractivity contribution is 5.86. The van der Waals surface area contributed by atoms with Crippen LogP contribution in [0.2, 0.25) is 0 Å². The maximum Gasteiger partial charge on any atom is 0.352 e. The van der Waals surface area contributed by atoms with Gasteiger partial charge in [0.05, 0.1) is 6.04 Å². The molecular weight excluding hydrogens is 332 g/mol. The smallest absolute Gasteiger partial charge is 0.352 e. The summed E-state index contributed by atoms with van der Waals surface area (Å²) in [6, 6.07) is 3.34. The van der Waals surface area contributed by atoms with Crippen LogP contribution in [-0.2, 0) is 11.8 Å². The standard InChI is InChI=1S/C19H24N4O3/c1-3-4-11-19(20-21-19)12-10-17(24)23-13-6-5-7-15(23)14-8-9-16(18(25)26)22(14)2/h1,8-9,15H,4-7,10-13H2,2H3,(H,25,26). The van der Waals surface area contributed by atoms with E-state index in [-0.39, 0.29) is 17.6 Å². The number of hydrogen-bond acceptors (Lipinski definition) is 4. The van der Waals surface area contributed by atoms with Gasteiger partial charge in [-0.25, -0.2) is 4.79 Å². The van der Waals surface area contributed by atoms with Gasteiger partial charge in [-0.15, -0.1) is 12.3 Å². The van der Waals surface area contributed by atoms with E-state index in [1.807, 2.05) is 11.0 Å². The quantitative estimate of drug-likeness (QED) is 0.761. The van der Waals surface area contributed by atoms with Crippen molar-refractivity contribution in [3.8, 4) is 12.3 Å². The molecule has 26 heavy (non-hydrogen) atoms. The molecule has 3 heterocycles. The molecule has 1 saturated heterocycles. The largest absolute Gasteiger partial charge is 0.477 e. The molecule has 0 saturated carbocycles. The molecule has 1 aromatic heterocycles. The highest BCUT2D eigenvalue weighted by Crippen LogP contribution is 2.39. The highest BCUT2D eigenvalue weighted by Gasteiger charge is 2.40. The first-order valence-electron chi connectivity index (χ1n) is 9.03. The predicted molar refractivity (Wildman–Crippen MR) is 95.6 cm³/mol. The molecule has 0 spiro atoms. The molecule has 0 aliphatic carbocycles. The van der Waals surface area contributed by atoms with E-state index < -0.39 is 11.6 Å². The molecule has 138 valence electrons. The van der Waals surface area contributed by atoms with Crippen LogP contribution in [0.1, 0.15) is 67.2 Å². The van der Waals surface area contributed by atoms with Gasteiger partial charge in [0.25, 0.3) is 0 Å². The minimum atomic E-state index is -0.958. The number of likely N-dealkylation sites (tertiary alicyclic amines) is 1. The van der Waals surface area contributed by atoms with Crippen molar-refractivity contribution in [3.63, 3.8) is 0 Å². The van der Waals surface area contributed by atoms with Gasteiger partial charge in [0.1, 0.15) is 5.69 Å². The number of aromatic nitrogens is 1. The predicted octanol–water partition coefficient (Wildman–Crippen LogP) is 3.13. The van der Waals surface area contributed by atoms with Gasteiger partial charge in [0.2, 0.25) is 5.91 Å². The monoisotopic (exact) mass is 356 g/mol. The number of nitrogens with zero attached hydrogens (tertiary/aromatic N) is 4. The number of terminal acetylenes is 1. The summed E-state index contributed by atoms with van der Waals surface area (Å²) in [6.07, 6.45) is 10.4. The summed E-state index contributed by atoms with van der Waals surface area (Å²) in [6.45, 7) is 0.697. The Kier molecular flexibility index (Phi) is 5.12. The van der Waals surface area contributed by atoms with Crippen LogP contribution in [0.25, 0.3) is 0 Å². The van der Waals surface area contributed by atoms with Crippen molar-refractivity contribution in [2.75, 3.05) is 6.54 Å². The van der Waals surface area contributed by atoms with Crippen molar-refractivity contribution in [1.82, 2.24) is 9.47 Å². The number of hydrogen-bond donors (Lipinski definition) is 1. The molecule has 2 aliphatic rings. The van der Waals surface area contributed by atoms with Gasteiger partial charge in [-0.2, -0.15) is 10.2 Å². The second-order valence-corrected chi connectivity index (χ2v) is 6.99. The van der Waals surface area contributed by atoms with E-state index in [2.05, 4.69) is 16.1 Å². The van der Waals surface area contributed by atoms with Crippen LogP contribution in [0.3, 0.4) is 0 Å². The zero-order chi connectivity index (χ0) is 18.7. The van der Waals surface area contributed by atoms with Gasteiger partial charge < -0.3 is 14.6 Å². The maximum absolute atomic E-state index is 12.9. The van der Waals surface area contributed by atoms with Crippen molar-refractivity contribution < 1.29 is 14.7 Å². The molecule has 1 aromatic rings. The molecule has 7 heteroatoms. The summed E-state index contributed by atoms with van der Waals surface area (Å²) in [5.74, 6) is 1.71. The fourth-order valence-corrected chi connectivity index (χ4v) is 3.73. The third-order valence-corrected chi connectivity index (χ3v) is 5.34. The van der Waals surface area contributed by atoms with Crippen LogP contribution in [0, 0.1) is 12.3 Å². The van der Waals surface area contributed by atoms with E-state index >= 15 is 0 Å². The van der Waals surface area contributed by atoms with Gasteiger partial charge in [0, 0.05) is 45.0 Å². The molecular formula is C19H24N4O3. The Hall–Kier alpha value is -2.62. The lowest BCUT2D eigenvalue weighted by Crippen LogP contribution is -2.39. The molecule has 2 aliphatic heterocycles. The Morgan fingerprint density at radius 2 is 2.12 bits per heavy atom. The van der Waals surface area contributed by atoms with E-state index in [9.17, 15) is 14.7 Å². The average Bonchev–Trinajstić information content (AvgIpc) is 3.31. The van der Waals surface area contributed by atoms with Crippen molar-refractivity contribution in [2.45, 2.75) is 56.7 Å². The van der Waals surface area contributed by atoms with Crippen molar-refractivity contribution in [1.29, 1.82) is 0 Å². The maximum atomic E-state index is 12.9. The Morgan fingerprint density at radius 1 is 1.35 bits per heavy atom. The van der Waals surface area contributed by atoms with Crippen LogP contribution in [-0.4, -0.2) is 38.7 Å². The van der Waals surface area contributed by atoms with E-state index in [1.54, 1.807) is 17.7 Å². The first-order chi connectivity index (χ1) is 12.5. The summed E-state index contributed by atoms with van der Waals surface area (Å²) in [5.41, 5.74) is 0.662. The fourth-order valence-electron chi connectivity index (χ4n) is 3.73. The molecule has 0 aromatic carbocycles. The number of carbonyl (C=O) groups is 2. The Bertz CT molecular complexity index is 768. The SMILES string of the molecule is C#CCCC1(CCC(=O)N2CCCCC2c2ccc(C(=O)O)n2C)N=N1. The lowest BCUT2D eigenvalue weighted by molar-refractivity contribution is -0.135. The number of rotatable bonds is 7. The van der Waals surface area contributed by atoms with Crippen molar-refractivity contribution in [3.05, 3.63) is 23.5 Å². The summed E-state index contributed by atoms with van der Waals surface area (Å²) < 4.78 is 1.68. The van der Waals surface area contributed by atoms with Gasteiger partial charge in [-0.1, -0.05) is 0 Å². The number of carbonyl (C=O) groups excluding carboxylic acids is 1. The van der Waals surface area contributed by atoms with Gasteiger partial charge >= 0.3 is 5.97 Å². The normalized spacial score (nSPS) is 20.6. The molecule has 0 radical (unpaired) electrons. The number of carboxylic acid groups (broad SMARTS) is 1. The third-order valence-electron chi connectivity index (χ3n) is 5.34. The van der Waals surface area contributed by atoms with E-state index in [0.717, 1.165) is 25.0 Å². The van der Waals surface area contributed by atoms with Crippen molar-refractivity contribution in [2.24, 2.45) is 17.3 Å². The molecule has 1 fully saturated rings. The summed E-state index contributed by atoms with van der Waals surface area (Å²) in [4.78, 5) is 26.1. The second kappa shape index (κ2) is 7.32. The van der Waals surface area contributed by atoms with Crippen LogP contribution in [0.4, 0.5) is 0 Å². The van der Waals surface area contributed by atoms with Crippen LogP contribution in [0.15, 0.2) is 22.4 Å². The zero-order valence-electron chi connectivity index (χ0n) is 15.0. The molecule has 3 rings (SSSR count). The Labute approximate surface area is 153 Å². The Balaban J connectivity index is 1.68. The minimum absolute atomic E-state index is 0.0742. The molecule has 1 unspecified atom stereocenters. The fraction of sp³-hybridized carbons (Fsp3) is 0.579. The number of amides is 1. The molecule has 0 bridgehead atoms. The number of carboxylic acids is 1. The third kappa shape index (κ3) is 3.64. The molecule has 1 atom stereocenters. The van der Waals surface area contributed by atoms with E-state index in [4.69, 9.17) is 6.42 Å². The number of piperidine rings is 1. The first-order valence-corrected chi connectivity index (χ1v) is 9.03. The van der Waals surface area contributed by atoms with Crippen LogP contribution in [0.5, 0.6) is 0 Å². The lowest BCUT2D eigenvalue weighted by atomic mass is 9.97. The average molecular weight is 356 g/mol.